The lowest BCUT2D eigenvalue weighted by Crippen LogP contribution is -2.44. The molecule has 1 aliphatic rings. The zero-order valence-corrected chi connectivity index (χ0v) is 12.9. The molecular formula is C17H28N2. The summed E-state index contributed by atoms with van der Waals surface area (Å²) in [5.41, 5.74) is 3.27. The van der Waals surface area contributed by atoms with Gasteiger partial charge in [0.15, 0.2) is 0 Å². The molecule has 1 N–H and O–H groups in total. The average Bonchev–Trinajstić information content (AvgIpc) is 2.36. The Morgan fingerprint density at radius 2 is 2.05 bits per heavy atom. The number of para-hydroxylation sites is 1. The molecule has 0 fully saturated rings. The molecule has 2 rings (SSSR count). The Morgan fingerprint density at radius 3 is 2.79 bits per heavy atom. The van der Waals surface area contributed by atoms with Crippen molar-refractivity contribution in [3.05, 3.63) is 29.8 Å². The van der Waals surface area contributed by atoms with E-state index in [1.165, 1.54) is 24.2 Å². The molecular weight excluding hydrogens is 232 g/mol. The minimum atomic E-state index is 0.306. The van der Waals surface area contributed by atoms with Gasteiger partial charge in [-0.2, -0.15) is 0 Å². The molecule has 1 aromatic carbocycles. The molecule has 1 aliphatic heterocycles. The summed E-state index contributed by atoms with van der Waals surface area (Å²) in [7, 11) is 0. The number of fused-ring (bicyclic) bond motifs is 1. The fraction of sp³-hybridized carbons (Fsp3) is 0.647. The second-order valence-electron chi connectivity index (χ2n) is 6.76. The zero-order chi connectivity index (χ0) is 13.9. The number of anilines is 1. The van der Waals surface area contributed by atoms with E-state index in [-0.39, 0.29) is 0 Å². The molecule has 0 amide bonds. The number of benzene rings is 1. The van der Waals surface area contributed by atoms with Crippen LogP contribution in [0, 0.1) is 11.3 Å². The highest BCUT2D eigenvalue weighted by Gasteiger charge is 2.27. The van der Waals surface area contributed by atoms with E-state index >= 15 is 0 Å². The van der Waals surface area contributed by atoms with Crippen LogP contribution in [0.2, 0.25) is 0 Å². The monoisotopic (exact) mass is 260 g/mol. The third-order valence-corrected chi connectivity index (χ3v) is 3.91. The largest absolute Gasteiger partial charge is 0.370 e. The summed E-state index contributed by atoms with van der Waals surface area (Å²) < 4.78 is 0. The molecule has 0 aliphatic carbocycles. The van der Waals surface area contributed by atoms with Crippen molar-refractivity contribution in [2.75, 3.05) is 31.1 Å². The maximum absolute atomic E-state index is 3.49. The summed E-state index contributed by atoms with van der Waals surface area (Å²) in [5.74, 6) is 0.754. The van der Waals surface area contributed by atoms with E-state index in [0.29, 0.717) is 5.41 Å². The van der Waals surface area contributed by atoms with E-state index in [1.54, 1.807) is 0 Å². The second-order valence-corrected chi connectivity index (χ2v) is 6.76. The molecule has 1 aromatic rings. The molecule has 0 bridgehead atoms. The van der Waals surface area contributed by atoms with Crippen molar-refractivity contribution in [2.24, 2.45) is 11.3 Å². The third kappa shape index (κ3) is 3.73. The Morgan fingerprint density at radius 1 is 1.32 bits per heavy atom. The summed E-state index contributed by atoms with van der Waals surface area (Å²) in [5, 5.41) is 3.49. The quantitative estimate of drug-likeness (QED) is 0.873. The average molecular weight is 260 g/mol. The molecule has 0 spiro atoms. The van der Waals surface area contributed by atoms with Crippen LogP contribution in [0.25, 0.3) is 0 Å². The Bertz CT molecular complexity index is 411. The Balaban J connectivity index is 2.12. The van der Waals surface area contributed by atoms with Gasteiger partial charge in [0, 0.05) is 25.3 Å². The van der Waals surface area contributed by atoms with Crippen LogP contribution >= 0.6 is 0 Å². The molecule has 19 heavy (non-hydrogen) atoms. The number of nitrogens with zero attached hydrogens (tertiary/aromatic N) is 1. The SMILES string of the molecule is CCNCC(C)(C)CN1CC(C)Cc2ccccc21. The van der Waals surface area contributed by atoms with E-state index in [0.717, 1.165) is 25.6 Å². The number of hydrogen-bond acceptors (Lipinski definition) is 2. The van der Waals surface area contributed by atoms with Gasteiger partial charge in [-0.25, -0.2) is 0 Å². The van der Waals surface area contributed by atoms with Crippen LogP contribution in [0.15, 0.2) is 24.3 Å². The van der Waals surface area contributed by atoms with Gasteiger partial charge in [-0.1, -0.05) is 45.9 Å². The number of nitrogens with one attached hydrogen (secondary N) is 1. The predicted octanol–water partition coefficient (Wildman–Crippen LogP) is 3.32. The summed E-state index contributed by atoms with van der Waals surface area (Å²) >= 11 is 0. The van der Waals surface area contributed by atoms with Gasteiger partial charge in [0.25, 0.3) is 0 Å². The molecule has 1 atom stereocenters. The molecule has 1 unspecified atom stereocenters. The van der Waals surface area contributed by atoms with Crippen molar-refractivity contribution in [1.82, 2.24) is 5.32 Å². The van der Waals surface area contributed by atoms with Gasteiger partial charge in [-0.05, 0) is 35.9 Å². The van der Waals surface area contributed by atoms with Crippen LogP contribution in [-0.2, 0) is 6.42 Å². The number of hydrogen-bond donors (Lipinski definition) is 1. The van der Waals surface area contributed by atoms with Gasteiger partial charge in [0.05, 0.1) is 0 Å². The third-order valence-electron chi connectivity index (χ3n) is 3.91. The van der Waals surface area contributed by atoms with Gasteiger partial charge >= 0.3 is 0 Å². The van der Waals surface area contributed by atoms with Crippen LogP contribution in [0.4, 0.5) is 5.69 Å². The predicted molar refractivity (Wildman–Crippen MR) is 83.8 cm³/mol. The maximum atomic E-state index is 3.49. The van der Waals surface area contributed by atoms with Crippen molar-refractivity contribution in [3.8, 4) is 0 Å². The Hall–Kier alpha value is -1.02. The second kappa shape index (κ2) is 5.96. The van der Waals surface area contributed by atoms with Crippen molar-refractivity contribution in [2.45, 2.75) is 34.1 Å². The molecule has 2 nitrogen and oxygen atoms in total. The van der Waals surface area contributed by atoms with E-state index in [9.17, 15) is 0 Å². The van der Waals surface area contributed by atoms with Crippen LogP contribution in [-0.4, -0.2) is 26.2 Å². The van der Waals surface area contributed by atoms with Crippen molar-refractivity contribution in [3.63, 3.8) is 0 Å². The molecule has 0 saturated heterocycles. The van der Waals surface area contributed by atoms with Crippen LogP contribution < -0.4 is 10.2 Å². The van der Waals surface area contributed by atoms with Gasteiger partial charge in [-0.15, -0.1) is 0 Å². The first kappa shape index (κ1) is 14.4. The summed E-state index contributed by atoms with van der Waals surface area (Å²) in [6, 6.07) is 8.90. The first-order valence-corrected chi connectivity index (χ1v) is 7.55. The van der Waals surface area contributed by atoms with Crippen molar-refractivity contribution >= 4 is 5.69 Å². The molecule has 106 valence electrons. The smallest absolute Gasteiger partial charge is 0.0399 e. The van der Waals surface area contributed by atoms with Crippen LogP contribution in [0.1, 0.15) is 33.3 Å². The first-order chi connectivity index (χ1) is 9.02. The Kier molecular flexibility index (Phi) is 4.51. The summed E-state index contributed by atoms with van der Waals surface area (Å²) in [6.07, 6.45) is 1.22. The van der Waals surface area contributed by atoms with Crippen molar-refractivity contribution < 1.29 is 0 Å². The molecule has 0 radical (unpaired) electrons. The molecule has 0 aromatic heterocycles. The minimum Gasteiger partial charge on any atom is -0.370 e. The van der Waals surface area contributed by atoms with E-state index in [4.69, 9.17) is 0 Å². The zero-order valence-electron chi connectivity index (χ0n) is 12.9. The standard InChI is InChI=1S/C17H28N2/c1-5-18-12-17(3,4)13-19-11-14(2)10-15-8-6-7-9-16(15)19/h6-9,14,18H,5,10-13H2,1-4H3. The fourth-order valence-electron chi connectivity index (χ4n) is 3.09. The van der Waals surface area contributed by atoms with E-state index in [2.05, 4.69) is 62.2 Å². The Labute approximate surface area is 118 Å². The fourth-order valence-corrected chi connectivity index (χ4v) is 3.09. The lowest BCUT2D eigenvalue weighted by atomic mass is 9.88. The van der Waals surface area contributed by atoms with E-state index < -0.39 is 0 Å². The van der Waals surface area contributed by atoms with Crippen molar-refractivity contribution in [1.29, 1.82) is 0 Å². The van der Waals surface area contributed by atoms with Gasteiger partial charge in [0.2, 0.25) is 0 Å². The van der Waals surface area contributed by atoms with Gasteiger partial charge in [0.1, 0.15) is 0 Å². The molecule has 1 heterocycles. The first-order valence-electron chi connectivity index (χ1n) is 7.55. The van der Waals surface area contributed by atoms with Crippen LogP contribution in [0.3, 0.4) is 0 Å². The van der Waals surface area contributed by atoms with Crippen LogP contribution in [0.5, 0.6) is 0 Å². The molecule has 0 saturated carbocycles. The highest BCUT2D eigenvalue weighted by atomic mass is 15.1. The molecule has 2 heteroatoms. The summed E-state index contributed by atoms with van der Waals surface area (Å²) in [6.45, 7) is 13.7. The topological polar surface area (TPSA) is 15.3 Å². The lowest BCUT2D eigenvalue weighted by molar-refractivity contribution is 0.334. The minimum absolute atomic E-state index is 0.306. The summed E-state index contributed by atoms with van der Waals surface area (Å²) in [4.78, 5) is 2.58. The van der Waals surface area contributed by atoms with Gasteiger partial charge in [-0.3, -0.25) is 0 Å². The highest BCUT2D eigenvalue weighted by molar-refractivity contribution is 5.55. The normalized spacial score (nSPS) is 19.4. The maximum Gasteiger partial charge on any atom is 0.0399 e. The van der Waals surface area contributed by atoms with Gasteiger partial charge < -0.3 is 10.2 Å². The highest BCUT2D eigenvalue weighted by Crippen LogP contribution is 2.31. The lowest BCUT2D eigenvalue weighted by Gasteiger charge is -2.40. The van der Waals surface area contributed by atoms with E-state index in [1.807, 2.05) is 0 Å². The number of rotatable bonds is 5.